The lowest BCUT2D eigenvalue weighted by molar-refractivity contribution is 0.0953. The van der Waals surface area contributed by atoms with Gasteiger partial charge in [-0.3, -0.25) is 9.36 Å². The van der Waals surface area contributed by atoms with Crippen LogP contribution in [0.4, 0.5) is 0 Å². The van der Waals surface area contributed by atoms with Crippen molar-refractivity contribution >= 4 is 18.3 Å². The lowest BCUT2D eigenvalue weighted by Gasteiger charge is -2.07. The fraction of sp³-hybridized carbons (Fsp3) is 0.467. The van der Waals surface area contributed by atoms with Crippen LogP contribution in [0.15, 0.2) is 16.7 Å². The average Bonchev–Trinajstić information content (AvgIpc) is 2.98. The minimum absolute atomic E-state index is 0. The van der Waals surface area contributed by atoms with E-state index >= 15 is 0 Å². The van der Waals surface area contributed by atoms with Gasteiger partial charge in [0.1, 0.15) is 5.76 Å². The van der Waals surface area contributed by atoms with E-state index in [0.29, 0.717) is 17.9 Å². The van der Waals surface area contributed by atoms with E-state index in [4.69, 9.17) is 4.52 Å². The van der Waals surface area contributed by atoms with E-state index < -0.39 is 0 Å². The number of nitrogens with one attached hydrogen (secondary N) is 2. The maximum atomic E-state index is 12.2. The summed E-state index contributed by atoms with van der Waals surface area (Å²) in [5.41, 5.74) is 2.49. The van der Waals surface area contributed by atoms with Crippen molar-refractivity contribution in [2.45, 2.75) is 27.7 Å². The summed E-state index contributed by atoms with van der Waals surface area (Å²) in [5, 5.41) is 10.1. The maximum Gasteiger partial charge on any atom is 0.253 e. The molecule has 7 heteroatoms. The number of hydrogen-bond donors (Lipinski definition) is 2. The molecule has 0 aliphatic heterocycles. The van der Waals surface area contributed by atoms with Crippen molar-refractivity contribution in [3.05, 3.63) is 34.8 Å². The number of halogens is 1. The van der Waals surface area contributed by atoms with E-state index in [0.717, 1.165) is 30.2 Å². The van der Waals surface area contributed by atoms with Crippen molar-refractivity contribution in [2.75, 3.05) is 19.6 Å². The third-order valence-corrected chi connectivity index (χ3v) is 3.36. The molecule has 0 spiro atoms. The Morgan fingerprint density at radius 3 is 2.59 bits per heavy atom. The Hall–Kier alpha value is -1.79. The predicted molar refractivity (Wildman–Crippen MR) is 88.2 cm³/mol. The highest BCUT2D eigenvalue weighted by atomic mass is 35.5. The molecule has 2 N–H and O–H groups in total. The summed E-state index contributed by atoms with van der Waals surface area (Å²) >= 11 is 0. The van der Waals surface area contributed by atoms with Crippen LogP contribution in [0, 0.1) is 20.8 Å². The normalized spacial score (nSPS) is 10.4. The van der Waals surface area contributed by atoms with Gasteiger partial charge in [-0.2, -0.15) is 0 Å². The van der Waals surface area contributed by atoms with Gasteiger partial charge in [0.05, 0.1) is 5.56 Å². The molecule has 0 saturated heterocycles. The molecule has 2 aromatic rings. The number of amides is 1. The second kappa shape index (κ2) is 8.00. The fourth-order valence-electron chi connectivity index (χ4n) is 2.34. The monoisotopic (exact) mass is 326 g/mol. The van der Waals surface area contributed by atoms with Crippen molar-refractivity contribution in [3.8, 4) is 5.82 Å². The molecule has 22 heavy (non-hydrogen) atoms. The van der Waals surface area contributed by atoms with Gasteiger partial charge in [0.2, 0.25) is 0 Å². The predicted octanol–water partition coefficient (Wildman–Crippen LogP) is 2.15. The molecule has 2 aromatic heterocycles. The molecule has 0 unspecified atom stereocenters. The van der Waals surface area contributed by atoms with Gasteiger partial charge in [-0.05, 0) is 33.4 Å². The molecule has 0 fully saturated rings. The molecule has 2 heterocycles. The molecular formula is C15H23ClN4O2. The SMILES string of the molecule is CCNCCNC(=O)c1cc(C)n(-c2cc(C)on2)c1C.Cl. The number of aromatic nitrogens is 2. The van der Waals surface area contributed by atoms with E-state index in [9.17, 15) is 4.79 Å². The second-order valence-corrected chi connectivity index (χ2v) is 5.03. The van der Waals surface area contributed by atoms with Crippen LogP contribution in [0.2, 0.25) is 0 Å². The molecule has 0 radical (unpaired) electrons. The van der Waals surface area contributed by atoms with Crippen LogP contribution in [-0.2, 0) is 0 Å². The molecule has 0 saturated carbocycles. The van der Waals surface area contributed by atoms with Crippen LogP contribution < -0.4 is 10.6 Å². The van der Waals surface area contributed by atoms with Crippen molar-refractivity contribution in [1.29, 1.82) is 0 Å². The summed E-state index contributed by atoms with van der Waals surface area (Å²) in [5.74, 6) is 1.39. The van der Waals surface area contributed by atoms with Crippen LogP contribution in [0.25, 0.3) is 5.82 Å². The van der Waals surface area contributed by atoms with Gasteiger partial charge in [-0.1, -0.05) is 12.1 Å². The standard InChI is InChI=1S/C15H22N4O2.ClH/c1-5-16-6-7-17-15(20)13-8-10(2)19(12(13)4)14-9-11(3)21-18-14;/h8-9,16H,5-7H2,1-4H3,(H,17,20);1H. The molecule has 0 aliphatic rings. The highest BCUT2D eigenvalue weighted by Crippen LogP contribution is 2.20. The Kier molecular flexibility index (Phi) is 6.64. The molecule has 0 atom stereocenters. The Morgan fingerprint density at radius 1 is 1.27 bits per heavy atom. The highest BCUT2D eigenvalue weighted by molar-refractivity contribution is 5.95. The topological polar surface area (TPSA) is 72.1 Å². The van der Waals surface area contributed by atoms with Crippen molar-refractivity contribution in [2.24, 2.45) is 0 Å². The third kappa shape index (κ3) is 3.90. The summed E-state index contributed by atoms with van der Waals surface area (Å²) < 4.78 is 7.04. The van der Waals surface area contributed by atoms with Crippen molar-refractivity contribution in [1.82, 2.24) is 20.4 Å². The minimum atomic E-state index is -0.0625. The summed E-state index contributed by atoms with van der Waals surface area (Å²) in [6, 6.07) is 3.73. The van der Waals surface area contributed by atoms with E-state index in [1.165, 1.54) is 0 Å². The van der Waals surface area contributed by atoms with E-state index in [1.807, 2.05) is 44.4 Å². The van der Waals surface area contributed by atoms with Crippen LogP contribution >= 0.6 is 12.4 Å². The van der Waals surface area contributed by atoms with Gasteiger partial charge in [0.15, 0.2) is 5.82 Å². The van der Waals surface area contributed by atoms with Gasteiger partial charge in [-0.15, -0.1) is 12.4 Å². The molecule has 122 valence electrons. The first-order valence-electron chi connectivity index (χ1n) is 7.16. The lowest BCUT2D eigenvalue weighted by Crippen LogP contribution is -2.31. The zero-order chi connectivity index (χ0) is 15.4. The van der Waals surface area contributed by atoms with Crippen LogP contribution in [0.1, 0.15) is 34.4 Å². The summed E-state index contributed by atoms with van der Waals surface area (Å²) in [4.78, 5) is 12.2. The molecule has 1 amide bonds. The Morgan fingerprint density at radius 2 is 2.00 bits per heavy atom. The summed E-state index contributed by atoms with van der Waals surface area (Å²) in [6.07, 6.45) is 0. The zero-order valence-corrected chi connectivity index (χ0v) is 14.2. The Bertz CT molecular complexity index is 634. The van der Waals surface area contributed by atoms with E-state index in [1.54, 1.807) is 0 Å². The third-order valence-electron chi connectivity index (χ3n) is 3.36. The Labute approximate surface area is 136 Å². The van der Waals surface area contributed by atoms with Gasteiger partial charge < -0.3 is 15.2 Å². The number of hydrogen-bond acceptors (Lipinski definition) is 4. The average molecular weight is 327 g/mol. The first-order valence-corrected chi connectivity index (χ1v) is 7.16. The van der Waals surface area contributed by atoms with Crippen molar-refractivity contribution < 1.29 is 9.32 Å². The van der Waals surface area contributed by atoms with Gasteiger partial charge in [-0.25, -0.2) is 0 Å². The number of carbonyl (C=O) groups is 1. The largest absolute Gasteiger partial charge is 0.360 e. The smallest absolute Gasteiger partial charge is 0.253 e. The van der Waals surface area contributed by atoms with Gasteiger partial charge >= 0.3 is 0 Å². The number of carbonyl (C=O) groups excluding carboxylic acids is 1. The van der Waals surface area contributed by atoms with E-state index in [2.05, 4.69) is 15.8 Å². The Balaban J connectivity index is 0.00000242. The van der Waals surface area contributed by atoms with Crippen LogP contribution in [0.5, 0.6) is 0 Å². The highest BCUT2D eigenvalue weighted by Gasteiger charge is 2.17. The zero-order valence-electron chi connectivity index (χ0n) is 13.4. The fourth-order valence-corrected chi connectivity index (χ4v) is 2.34. The molecule has 2 rings (SSSR count). The number of likely N-dealkylation sites (N-methyl/N-ethyl adjacent to an activating group) is 1. The van der Waals surface area contributed by atoms with Crippen LogP contribution in [0.3, 0.4) is 0 Å². The van der Waals surface area contributed by atoms with Crippen molar-refractivity contribution in [3.63, 3.8) is 0 Å². The minimum Gasteiger partial charge on any atom is -0.360 e. The maximum absolute atomic E-state index is 12.2. The number of rotatable bonds is 6. The molecular weight excluding hydrogens is 304 g/mol. The summed E-state index contributed by atoms with van der Waals surface area (Å²) in [6.45, 7) is 10.0. The number of nitrogens with zero attached hydrogens (tertiary/aromatic N) is 2. The van der Waals surface area contributed by atoms with E-state index in [-0.39, 0.29) is 18.3 Å². The van der Waals surface area contributed by atoms with Gasteiger partial charge in [0, 0.05) is 30.5 Å². The molecule has 0 aliphatic carbocycles. The van der Waals surface area contributed by atoms with Gasteiger partial charge in [0.25, 0.3) is 5.91 Å². The quantitative estimate of drug-likeness (QED) is 0.798. The number of aryl methyl sites for hydroxylation is 2. The molecule has 0 aromatic carbocycles. The second-order valence-electron chi connectivity index (χ2n) is 5.03. The first kappa shape index (κ1) is 18.3. The molecule has 6 nitrogen and oxygen atoms in total. The first-order chi connectivity index (χ1) is 10.0. The molecule has 0 bridgehead atoms. The van der Waals surface area contributed by atoms with Crippen LogP contribution in [-0.4, -0.2) is 35.3 Å². The summed E-state index contributed by atoms with van der Waals surface area (Å²) in [7, 11) is 0. The lowest BCUT2D eigenvalue weighted by atomic mass is 10.2.